The quantitative estimate of drug-likeness (QED) is 0.613. The number of carbonyl (C=O) groups is 1. The summed E-state index contributed by atoms with van der Waals surface area (Å²) in [6.45, 7) is 1.95. The minimum Gasteiger partial charge on any atom is -0.508 e. The number of hydrogen-bond donors (Lipinski definition) is 1. The Bertz CT molecular complexity index is 323. The van der Waals surface area contributed by atoms with Gasteiger partial charge in [-0.2, -0.15) is 0 Å². The fourth-order valence-electron chi connectivity index (χ4n) is 1.47. The molecular formula is C11H14O2S. The lowest BCUT2D eigenvalue weighted by atomic mass is 9.97. The lowest BCUT2D eigenvalue weighted by Crippen LogP contribution is -1.97. The zero-order chi connectivity index (χ0) is 10.6. The zero-order valence-corrected chi connectivity index (χ0v) is 9.17. The second kappa shape index (κ2) is 5.05. The highest BCUT2D eigenvalue weighted by molar-refractivity contribution is 7.98. The first-order valence-electron chi connectivity index (χ1n) is 4.50. The molecule has 0 aliphatic heterocycles. The lowest BCUT2D eigenvalue weighted by Gasteiger charge is -2.14. The Hall–Kier alpha value is -0.960. The summed E-state index contributed by atoms with van der Waals surface area (Å²) in [6.07, 6.45) is 3.30. The topological polar surface area (TPSA) is 37.3 Å². The molecule has 1 aromatic carbocycles. The van der Waals surface area contributed by atoms with Crippen molar-refractivity contribution in [2.45, 2.75) is 24.2 Å². The summed E-state index contributed by atoms with van der Waals surface area (Å²) in [7, 11) is 0. The summed E-state index contributed by atoms with van der Waals surface area (Å²) >= 11 is 1.59. The van der Waals surface area contributed by atoms with Crippen molar-refractivity contribution in [3.05, 3.63) is 23.8 Å². The molecule has 14 heavy (non-hydrogen) atoms. The lowest BCUT2D eigenvalue weighted by molar-refractivity contribution is -0.108. The van der Waals surface area contributed by atoms with Crippen LogP contribution >= 0.6 is 11.8 Å². The molecular weight excluding hydrogens is 196 g/mol. The van der Waals surface area contributed by atoms with Crippen molar-refractivity contribution in [2.24, 2.45) is 0 Å². The van der Waals surface area contributed by atoms with Gasteiger partial charge in [0.2, 0.25) is 0 Å². The van der Waals surface area contributed by atoms with Crippen LogP contribution < -0.4 is 0 Å². The Morgan fingerprint density at radius 1 is 1.57 bits per heavy atom. The molecule has 1 unspecified atom stereocenters. The normalized spacial score (nSPS) is 12.4. The average molecular weight is 210 g/mol. The fourth-order valence-corrected chi connectivity index (χ4v) is 2.21. The highest BCUT2D eigenvalue weighted by Crippen LogP contribution is 2.35. The summed E-state index contributed by atoms with van der Waals surface area (Å²) in [5, 5.41) is 9.69. The number of phenols is 1. The van der Waals surface area contributed by atoms with Gasteiger partial charge in [-0.3, -0.25) is 0 Å². The van der Waals surface area contributed by atoms with E-state index in [1.807, 2.05) is 25.3 Å². The maximum atomic E-state index is 10.4. The maximum Gasteiger partial charge on any atom is 0.120 e. The van der Waals surface area contributed by atoms with Crippen molar-refractivity contribution < 1.29 is 9.90 Å². The second-order valence-electron chi connectivity index (χ2n) is 3.20. The van der Waals surface area contributed by atoms with E-state index in [-0.39, 0.29) is 11.7 Å². The van der Waals surface area contributed by atoms with E-state index < -0.39 is 0 Å². The average Bonchev–Trinajstić information content (AvgIpc) is 2.17. The Kier molecular flexibility index (Phi) is 4.01. The summed E-state index contributed by atoms with van der Waals surface area (Å²) in [4.78, 5) is 11.5. The second-order valence-corrected chi connectivity index (χ2v) is 4.04. The third-order valence-corrected chi connectivity index (χ3v) is 3.00. The van der Waals surface area contributed by atoms with E-state index in [9.17, 15) is 9.90 Å². The van der Waals surface area contributed by atoms with Crippen molar-refractivity contribution in [2.75, 3.05) is 6.26 Å². The van der Waals surface area contributed by atoms with Crippen LogP contribution in [-0.4, -0.2) is 17.6 Å². The van der Waals surface area contributed by atoms with E-state index in [1.165, 1.54) is 0 Å². The third kappa shape index (κ3) is 2.29. The molecule has 0 radical (unpaired) electrons. The first kappa shape index (κ1) is 11.1. The van der Waals surface area contributed by atoms with E-state index in [4.69, 9.17) is 0 Å². The molecule has 1 aromatic rings. The molecule has 0 aliphatic carbocycles. The first-order valence-corrected chi connectivity index (χ1v) is 5.72. The number of aldehydes is 1. The molecule has 3 heteroatoms. The molecule has 0 saturated carbocycles. The first-order chi connectivity index (χ1) is 6.70. The number of phenolic OH excluding ortho intramolecular Hbond substituents is 1. The van der Waals surface area contributed by atoms with Gasteiger partial charge in [0.25, 0.3) is 0 Å². The Labute approximate surface area is 88.3 Å². The van der Waals surface area contributed by atoms with Crippen LogP contribution in [0, 0.1) is 0 Å². The van der Waals surface area contributed by atoms with Crippen molar-refractivity contribution >= 4 is 18.0 Å². The van der Waals surface area contributed by atoms with Gasteiger partial charge in [0.15, 0.2) is 0 Å². The monoisotopic (exact) mass is 210 g/mol. The SMILES string of the molecule is CSc1cccc(O)c1C(C)CC=O. The van der Waals surface area contributed by atoms with Crippen molar-refractivity contribution in [1.82, 2.24) is 0 Å². The Morgan fingerprint density at radius 2 is 2.29 bits per heavy atom. The molecule has 0 bridgehead atoms. The summed E-state index contributed by atoms with van der Waals surface area (Å²) in [5.74, 6) is 0.363. The summed E-state index contributed by atoms with van der Waals surface area (Å²) in [6, 6.07) is 5.44. The van der Waals surface area contributed by atoms with Gasteiger partial charge in [0.05, 0.1) is 0 Å². The van der Waals surface area contributed by atoms with Gasteiger partial charge in [-0.1, -0.05) is 13.0 Å². The van der Waals surface area contributed by atoms with Crippen LogP contribution in [0.25, 0.3) is 0 Å². The minimum absolute atomic E-state index is 0.0798. The largest absolute Gasteiger partial charge is 0.508 e. The van der Waals surface area contributed by atoms with Gasteiger partial charge >= 0.3 is 0 Å². The predicted octanol–water partition coefficient (Wildman–Crippen LogP) is 2.81. The molecule has 1 atom stereocenters. The van der Waals surface area contributed by atoms with E-state index in [2.05, 4.69) is 0 Å². The standard InChI is InChI=1S/C11H14O2S/c1-8(6-7-12)11-9(13)4-3-5-10(11)14-2/h3-5,7-8,13H,6H2,1-2H3. The van der Waals surface area contributed by atoms with Gasteiger partial charge in [0, 0.05) is 16.9 Å². The van der Waals surface area contributed by atoms with Crippen LogP contribution in [0.5, 0.6) is 5.75 Å². The Morgan fingerprint density at radius 3 is 2.86 bits per heavy atom. The molecule has 0 aromatic heterocycles. The molecule has 1 rings (SSSR count). The Balaban J connectivity index is 3.09. The van der Waals surface area contributed by atoms with Crippen molar-refractivity contribution in [3.63, 3.8) is 0 Å². The zero-order valence-electron chi connectivity index (χ0n) is 8.36. The number of rotatable bonds is 4. The molecule has 1 N–H and O–H groups in total. The fraction of sp³-hybridized carbons (Fsp3) is 0.364. The number of hydrogen-bond acceptors (Lipinski definition) is 3. The molecule has 76 valence electrons. The van der Waals surface area contributed by atoms with Crippen molar-refractivity contribution in [3.8, 4) is 5.75 Å². The van der Waals surface area contributed by atoms with Crippen molar-refractivity contribution in [1.29, 1.82) is 0 Å². The predicted molar refractivity (Wildman–Crippen MR) is 59.0 cm³/mol. The van der Waals surface area contributed by atoms with E-state index in [0.29, 0.717) is 6.42 Å². The summed E-state index contributed by atoms with van der Waals surface area (Å²) in [5.41, 5.74) is 0.882. The summed E-state index contributed by atoms with van der Waals surface area (Å²) < 4.78 is 0. The molecule has 0 heterocycles. The van der Waals surface area contributed by atoms with Gasteiger partial charge in [0.1, 0.15) is 12.0 Å². The number of benzene rings is 1. The van der Waals surface area contributed by atoms with Crippen LogP contribution in [0.4, 0.5) is 0 Å². The minimum atomic E-state index is 0.0798. The van der Waals surface area contributed by atoms with E-state index in [0.717, 1.165) is 16.7 Å². The third-order valence-electron chi connectivity index (χ3n) is 2.21. The maximum absolute atomic E-state index is 10.4. The number of thioether (sulfide) groups is 1. The van der Waals surface area contributed by atoms with Crippen LogP contribution in [0.1, 0.15) is 24.8 Å². The van der Waals surface area contributed by atoms with Gasteiger partial charge in [-0.15, -0.1) is 11.8 Å². The highest BCUT2D eigenvalue weighted by atomic mass is 32.2. The van der Waals surface area contributed by atoms with Gasteiger partial charge in [-0.05, 0) is 24.3 Å². The molecule has 0 saturated heterocycles. The van der Waals surface area contributed by atoms with Crippen LogP contribution in [0.2, 0.25) is 0 Å². The van der Waals surface area contributed by atoms with Crippen LogP contribution in [0.3, 0.4) is 0 Å². The van der Waals surface area contributed by atoms with E-state index >= 15 is 0 Å². The smallest absolute Gasteiger partial charge is 0.120 e. The molecule has 2 nitrogen and oxygen atoms in total. The van der Waals surface area contributed by atoms with Gasteiger partial charge < -0.3 is 9.90 Å². The molecule has 0 spiro atoms. The molecule has 0 aliphatic rings. The van der Waals surface area contributed by atoms with Crippen LogP contribution in [0.15, 0.2) is 23.1 Å². The molecule has 0 fully saturated rings. The van der Waals surface area contributed by atoms with Crippen LogP contribution in [-0.2, 0) is 4.79 Å². The number of carbonyl (C=O) groups excluding carboxylic acids is 1. The molecule has 0 amide bonds. The van der Waals surface area contributed by atoms with E-state index in [1.54, 1.807) is 17.8 Å². The van der Waals surface area contributed by atoms with Gasteiger partial charge in [-0.25, -0.2) is 0 Å². The highest BCUT2D eigenvalue weighted by Gasteiger charge is 2.13. The number of aromatic hydroxyl groups is 1.